The Balaban J connectivity index is 1.80. The molecule has 1 heterocycles. The molecule has 0 aliphatic rings. The van der Waals surface area contributed by atoms with E-state index < -0.39 is 41.5 Å². The van der Waals surface area contributed by atoms with Crippen LogP contribution >= 0.6 is 0 Å². The van der Waals surface area contributed by atoms with E-state index in [1.165, 1.54) is 13.0 Å². The second kappa shape index (κ2) is 13.5. The molecule has 0 saturated heterocycles. The zero-order valence-electron chi connectivity index (χ0n) is 21.7. The van der Waals surface area contributed by atoms with Gasteiger partial charge in [-0.2, -0.15) is 0 Å². The zero-order chi connectivity index (χ0) is 27.7. The molecule has 7 N–H and O–H groups in total. The molecule has 38 heavy (non-hydrogen) atoms. The van der Waals surface area contributed by atoms with Crippen molar-refractivity contribution in [2.75, 3.05) is 11.9 Å². The summed E-state index contributed by atoms with van der Waals surface area (Å²) in [6, 6.07) is 13.0. The van der Waals surface area contributed by atoms with Crippen LogP contribution in [0.3, 0.4) is 0 Å². The molecule has 0 unspecified atom stereocenters. The number of nitrogens with one attached hydrogen (secondary N) is 3. The fourth-order valence-electron chi connectivity index (χ4n) is 4.03. The lowest BCUT2D eigenvalue weighted by atomic mass is 10.0. The van der Waals surface area contributed by atoms with Gasteiger partial charge in [-0.05, 0) is 62.9 Å². The molecular formula is C28H35N5O5. The SMILES string of the molecule is Cc1cc(=O)oc2cc(NC(=O)[C@@H](CCCCN)NC(=O)[C@@H](Cc3ccccc3)NC(=O)[C@@H](C)N)ccc12. The molecule has 0 radical (unpaired) electrons. The Kier molecular flexibility index (Phi) is 10.1. The summed E-state index contributed by atoms with van der Waals surface area (Å²) in [6.07, 6.45) is 1.85. The summed E-state index contributed by atoms with van der Waals surface area (Å²) in [6.45, 7) is 3.78. The van der Waals surface area contributed by atoms with Crippen molar-refractivity contribution in [2.45, 2.75) is 57.7 Å². The third kappa shape index (κ3) is 7.99. The predicted molar refractivity (Wildman–Crippen MR) is 146 cm³/mol. The highest BCUT2D eigenvalue weighted by atomic mass is 16.4. The van der Waals surface area contributed by atoms with Crippen LogP contribution in [0.5, 0.6) is 0 Å². The second-order valence-electron chi connectivity index (χ2n) is 9.33. The van der Waals surface area contributed by atoms with Crippen molar-refractivity contribution in [3.05, 3.63) is 76.1 Å². The van der Waals surface area contributed by atoms with Crippen LogP contribution in [0.15, 0.2) is 63.8 Å². The molecule has 3 amide bonds. The smallest absolute Gasteiger partial charge is 0.336 e. The van der Waals surface area contributed by atoms with Crippen LogP contribution in [0.4, 0.5) is 5.69 Å². The summed E-state index contributed by atoms with van der Waals surface area (Å²) in [7, 11) is 0. The molecule has 0 fully saturated rings. The molecule has 2 aromatic carbocycles. The molecule has 202 valence electrons. The Morgan fingerprint density at radius 3 is 2.32 bits per heavy atom. The summed E-state index contributed by atoms with van der Waals surface area (Å²) in [5.74, 6) is -1.42. The number of aryl methyl sites for hydroxylation is 1. The Hall–Kier alpha value is -4.02. The maximum Gasteiger partial charge on any atom is 0.336 e. The lowest BCUT2D eigenvalue weighted by Crippen LogP contribution is -2.55. The molecule has 0 saturated carbocycles. The van der Waals surface area contributed by atoms with Crippen LogP contribution in [-0.4, -0.2) is 42.4 Å². The van der Waals surface area contributed by atoms with E-state index in [1.807, 2.05) is 30.3 Å². The molecule has 3 atom stereocenters. The Bertz CT molecular complexity index is 1320. The van der Waals surface area contributed by atoms with Crippen molar-refractivity contribution in [1.82, 2.24) is 10.6 Å². The number of nitrogens with two attached hydrogens (primary N) is 2. The average Bonchev–Trinajstić information content (AvgIpc) is 2.87. The topological polar surface area (TPSA) is 170 Å². The van der Waals surface area contributed by atoms with E-state index >= 15 is 0 Å². The lowest BCUT2D eigenvalue weighted by Gasteiger charge is -2.24. The maximum absolute atomic E-state index is 13.3. The summed E-state index contributed by atoms with van der Waals surface area (Å²) in [4.78, 5) is 50.7. The summed E-state index contributed by atoms with van der Waals surface area (Å²) < 4.78 is 5.27. The molecule has 0 aliphatic heterocycles. The van der Waals surface area contributed by atoms with Gasteiger partial charge in [0.2, 0.25) is 17.7 Å². The van der Waals surface area contributed by atoms with E-state index in [0.29, 0.717) is 37.1 Å². The minimum atomic E-state index is -0.932. The largest absolute Gasteiger partial charge is 0.423 e. The van der Waals surface area contributed by atoms with Gasteiger partial charge in [0.15, 0.2) is 0 Å². The average molecular weight is 522 g/mol. The van der Waals surface area contributed by atoms with Crippen LogP contribution in [-0.2, 0) is 20.8 Å². The van der Waals surface area contributed by atoms with Crippen molar-refractivity contribution < 1.29 is 18.8 Å². The van der Waals surface area contributed by atoms with E-state index in [-0.39, 0.29) is 6.42 Å². The van der Waals surface area contributed by atoms with Gasteiger partial charge in [-0.25, -0.2) is 4.79 Å². The molecule has 10 heteroatoms. The molecule has 3 rings (SSSR count). The van der Waals surface area contributed by atoms with Crippen LogP contribution < -0.4 is 33.0 Å². The minimum absolute atomic E-state index is 0.228. The van der Waals surface area contributed by atoms with Gasteiger partial charge in [0.25, 0.3) is 0 Å². The molecule has 10 nitrogen and oxygen atoms in total. The second-order valence-corrected chi connectivity index (χ2v) is 9.33. The summed E-state index contributed by atoms with van der Waals surface area (Å²) >= 11 is 0. The number of unbranched alkanes of at least 4 members (excludes halogenated alkanes) is 1. The number of carbonyl (C=O) groups excluding carboxylic acids is 3. The Labute approximate surface area is 221 Å². The summed E-state index contributed by atoms with van der Waals surface area (Å²) in [5, 5.41) is 9.03. The molecule has 0 aliphatic carbocycles. The van der Waals surface area contributed by atoms with Gasteiger partial charge in [0.05, 0.1) is 6.04 Å². The maximum atomic E-state index is 13.3. The quantitative estimate of drug-likeness (QED) is 0.178. The van der Waals surface area contributed by atoms with Crippen LogP contribution in [0.25, 0.3) is 11.0 Å². The van der Waals surface area contributed by atoms with E-state index in [9.17, 15) is 19.2 Å². The Morgan fingerprint density at radius 2 is 1.63 bits per heavy atom. The summed E-state index contributed by atoms with van der Waals surface area (Å²) in [5.41, 5.74) is 13.2. The van der Waals surface area contributed by atoms with Gasteiger partial charge < -0.3 is 31.8 Å². The monoisotopic (exact) mass is 521 g/mol. The van der Waals surface area contributed by atoms with Crippen molar-refractivity contribution >= 4 is 34.4 Å². The van der Waals surface area contributed by atoms with Gasteiger partial charge in [-0.1, -0.05) is 30.3 Å². The van der Waals surface area contributed by atoms with Crippen LogP contribution in [0.2, 0.25) is 0 Å². The molecule has 3 aromatic rings. The van der Waals surface area contributed by atoms with Crippen molar-refractivity contribution in [2.24, 2.45) is 11.5 Å². The number of carbonyl (C=O) groups is 3. The standard InChI is InChI=1S/C28H35N5O5/c1-17-14-25(34)38-24-16-20(11-12-21(17)24)31-27(36)22(10-6-7-13-29)32-28(37)23(33-26(35)18(2)30)15-19-8-4-3-5-9-19/h3-5,8-9,11-12,14,16,18,22-23H,6-7,10,13,15,29-30H2,1-2H3,(H,31,36)(H,32,37)(H,33,35)/t18-,22-,23-/m1/s1. The van der Waals surface area contributed by atoms with Gasteiger partial charge in [0.1, 0.15) is 17.7 Å². The fraction of sp³-hybridized carbons (Fsp3) is 0.357. The van der Waals surface area contributed by atoms with E-state index in [4.69, 9.17) is 15.9 Å². The number of amides is 3. The van der Waals surface area contributed by atoms with Crippen molar-refractivity contribution in [3.8, 4) is 0 Å². The molecule has 0 bridgehead atoms. The van der Waals surface area contributed by atoms with E-state index in [2.05, 4.69) is 16.0 Å². The zero-order valence-corrected chi connectivity index (χ0v) is 21.7. The first-order chi connectivity index (χ1) is 18.2. The third-order valence-electron chi connectivity index (χ3n) is 6.13. The predicted octanol–water partition coefficient (Wildman–Crippen LogP) is 1.73. The van der Waals surface area contributed by atoms with Crippen LogP contribution in [0.1, 0.15) is 37.3 Å². The first-order valence-corrected chi connectivity index (χ1v) is 12.6. The number of anilines is 1. The fourth-order valence-corrected chi connectivity index (χ4v) is 4.03. The highest BCUT2D eigenvalue weighted by molar-refractivity contribution is 5.99. The first kappa shape index (κ1) is 28.5. The number of hydrogen-bond donors (Lipinski definition) is 5. The molecular weight excluding hydrogens is 486 g/mol. The number of rotatable bonds is 12. The minimum Gasteiger partial charge on any atom is -0.423 e. The third-order valence-corrected chi connectivity index (χ3v) is 6.13. The highest BCUT2D eigenvalue weighted by Gasteiger charge is 2.27. The highest BCUT2D eigenvalue weighted by Crippen LogP contribution is 2.21. The van der Waals surface area contributed by atoms with Gasteiger partial charge >= 0.3 is 5.63 Å². The lowest BCUT2D eigenvalue weighted by molar-refractivity contribution is -0.131. The Morgan fingerprint density at radius 1 is 0.921 bits per heavy atom. The normalized spacial score (nSPS) is 13.4. The number of hydrogen-bond acceptors (Lipinski definition) is 7. The van der Waals surface area contributed by atoms with E-state index in [1.54, 1.807) is 25.1 Å². The van der Waals surface area contributed by atoms with Crippen molar-refractivity contribution in [1.29, 1.82) is 0 Å². The van der Waals surface area contributed by atoms with Gasteiger partial charge in [-0.3, -0.25) is 14.4 Å². The molecule has 1 aromatic heterocycles. The molecule has 0 spiro atoms. The van der Waals surface area contributed by atoms with Crippen molar-refractivity contribution in [3.63, 3.8) is 0 Å². The number of benzene rings is 2. The van der Waals surface area contributed by atoms with Crippen LogP contribution in [0, 0.1) is 6.92 Å². The number of fused-ring (bicyclic) bond motifs is 1. The van der Waals surface area contributed by atoms with E-state index in [0.717, 1.165) is 16.5 Å². The first-order valence-electron chi connectivity index (χ1n) is 12.6. The van der Waals surface area contributed by atoms with Gasteiger partial charge in [0, 0.05) is 29.6 Å². The van der Waals surface area contributed by atoms with Gasteiger partial charge in [-0.15, -0.1) is 0 Å².